The number of carbonyl (C=O) groups excluding carboxylic acids is 2. The van der Waals surface area contributed by atoms with Gasteiger partial charge in [-0.2, -0.15) is 0 Å². The number of aromatic nitrogens is 1. The van der Waals surface area contributed by atoms with Gasteiger partial charge in [-0.15, -0.1) is 0 Å². The van der Waals surface area contributed by atoms with E-state index < -0.39 is 6.09 Å². The Morgan fingerprint density at radius 1 is 1.03 bits per heavy atom. The first-order chi connectivity index (χ1) is 14.7. The summed E-state index contributed by atoms with van der Waals surface area (Å²) in [5.74, 6) is -0.165. The Morgan fingerprint density at radius 3 is 2.63 bits per heavy atom. The van der Waals surface area contributed by atoms with Crippen LogP contribution in [0.1, 0.15) is 45.9 Å². The smallest absolute Gasteiger partial charge is 0.407 e. The van der Waals surface area contributed by atoms with Gasteiger partial charge in [0, 0.05) is 23.6 Å². The van der Waals surface area contributed by atoms with Crippen LogP contribution in [0.2, 0.25) is 0 Å². The molecule has 1 unspecified atom stereocenters. The number of ether oxygens (including phenoxy) is 1. The Morgan fingerprint density at radius 2 is 1.83 bits per heavy atom. The lowest BCUT2D eigenvalue weighted by Gasteiger charge is -2.26. The van der Waals surface area contributed by atoms with Crippen LogP contribution in [0.5, 0.6) is 0 Å². The lowest BCUT2D eigenvalue weighted by atomic mass is 9.86. The third-order valence-corrected chi connectivity index (χ3v) is 5.16. The topological polar surface area (TPSA) is 80.3 Å². The molecule has 0 saturated heterocycles. The van der Waals surface area contributed by atoms with Crippen LogP contribution in [0.15, 0.2) is 73.1 Å². The van der Waals surface area contributed by atoms with E-state index in [0.29, 0.717) is 11.3 Å². The van der Waals surface area contributed by atoms with Gasteiger partial charge in [-0.25, -0.2) is 4.79 Å². The zero-order chi connectivity index (χ0) is 20.8. The fourth-order valence-corrected chi connectivity index (χ4v) is 3.65. The van der Waals surface area contributed by atoms with E-state index in [2.05, 4.69) is 15.6 Å². The summed E-state index contributed by atoms with van der Waals surface area (Å²) in [7, 11) is 0. The predicted octanol–water partition coefficient (Wildman–Crippen LogP) is 4.64. The first-order valence-corrected chi connectivity index (χ1v) is 10.0. The Balaban J connectivity index is 1.40. The Hall–Kier alpha value is -3.67. The molecule has 0 fully saturated rings. The van der Waals surface area contributed by atoms with E-state index in [1.807, 2.05) is 42.5 Å². The highest BCUT2D eigenvalue weighted by molar-refractivity contribution is 6.04. The molecule has 2 amide bonds. The SMILES string of the molecule is O=C(NC1CCCc2cc(C(=O)Nc3ccncc3)ccc21)OCc1ccccc1. The molecule has 0 spiro atoms. The second kappa shape index (κ2) is 9.22. The number of nitrogens with zero attached hydrogens (tertiary/aromatic N) is 1. The zero-order valence-corrected chi connectivity index (χ0v) is 16.5. The normalized spacial score (nSPS) is 15.0. The molecule has 1 aliphatic carbocycles. The summed E-state index contributed by atoms with van der Waals surface area (Å²) < 4.78 is 5.35. The summed E-state index contributed by atoms with van der Waals surface area (Å²) in [4.78, 5) is 28.8. The van der Waals surface area contributed by atoms with Gasteiger partial charge in [-0.1, -0.05) is 36.4 Å². The van der Waals surface area contributed by atoms with Gasteiger partial charge in [0.2, 0.25) is 0 Å². The average molecular weight is 401 g/mol. The maximum atomic E-state index is 12.6. The summed E-state index contributed by atoms with van der Waals surface area (Å²) in [5, 5.41) is 5.84. The second-order valence-corrected chi connectivity index (χ2v) is 7.25. The summed E-state index contributed by atoms with van der Waals surface area (Å²) in [6.45, 7) is 0.236. The highest BCUT2D eigenvalue weighted by atomic mass is 16.5. The molecule has 30 heavy (non-hydrogen) atoms. The lowest BCUT2D eigenvalue weighted by molar-refractivity contribution is 0.102. The van der Waals surface area contributed by atoms with Crippen molar-refractivity contribution >= 4 is 17.7 Å². The lowest BCUT2D eigenvalue weighted by Crippen LogP contribution is -2.31. The van der Waals surface area contributed by atoms with E-state index in [4.69, 9.17) is 4.74 Å². The van der Waals surface area contributed by atoms with Crippen molar-refractivity contribution in [2.45, 2.75) is 31.9 Å². The number of benzene rings is 2. The van der Waals surface area contributed by atoms with E-state index in [1.54, 1.807) is 30.6 Å². The van der Waals surface area contributed by atoms with Crippen molar-refractivity contribution in [2.75, 3.05) is 5.32 Å². The summed E-state index contributed by atoms with van der Waals surface area (Å²) in [5.41, 5.74) is 4.36. The molecule has 2 N–H and O–H groups in total. The Labute approximate surface area is 175 Å². The Bertz CT molecular complexity index is 1020. The molecule has 152 valence electrons. The number of alkyl carbamates (subject to hydrolysis) is 1. The molecule has 0 saturated carbocycles. The van der Waals surface area contributed by atoms with Gasteiger partial charge in [0.1, 0.15) is 6.61 Å². The summed E-state index contributed by atoms with van der Waals surface area (Å²) in [6.07, 6.45) is 5.49. The maximum Gasteiger partial charge on any atom is 0.407 e. The highest BCUT2D eigenvalue weighted by Gasteiger charge is 2.23. The zero-order valence-electron chi connectivity index (χ0n) is 16.5. The van der Waals surface area contributed by atoms with Crippen molar-refractivity contribution in [2.24, 2.45) is 0 Å². The van der Waals surface area contributed by atoms with Gasteiger partial charge < -0.3 is 15.4 Å². The Kier molecular flexibility index (Phi) is 6.03. The van der Waals surface area contributed by atoms with Crippen molar-refractivity contribution < 1.29 is 14.3 Å². The largest absolute Gasteiger partial charge is 0.445 e. The van der Waals surface area contributed by atoms with Crippen molar-refractivity contribution in [3.05, 3.63) is 95.3 Å². The number of aryl methyl sites for hydroxylation is 1. The molecule has 1 aliphatic rings. The van der Waals surface area contributed by atoms with Crippen LogP contribution in [0, 0.1) is 0 Å². The molecule has 1 aromatic heterocycles. The number of rotatable bonds is 5. The molecule has 6 nitrogen and oxygen atoms in total. The molecule has 1 heterocycles. The fraction of sp³-hybridized carbons (Fsp3) is 0.208. The van der Waals surface area contributed by atoms with Crippen LogP contribution in [0.3, 0.4) is 0 Å². The summed E-state index contributed by atoms with van der Waals surface area (Å²) >= 11 is 0. The molecule has 0 bridgehead atoms. The van der Waals surface area contributed by atoms with Crippen molar-refractivity contribution in [3.8, 4) is 0 Å². The average Bonchev–Trinajstić information content (AvgIpc) is 2.79. The highest BCUT2D eigenvalue weighted by Crippen LogP contribution is 2.30. The first kappa shape index (κ1) is 19.6. The van der Waals surface area contributed by atoms with Crippen LogP contribution in [0.4, 0.5) is 10.5 Å². The van der Waals surface area contributed by atoms with Gasteiger partial charge in [-0.05, 0) is 60.2 Å². The van der Waals surface area contributed by atoms with Gasteiger partial charge in [0.15, 0.2) is 0 Å². The summed E-state index contributed by atoms with van der Waals surface area (Å²) in [6, 6.07) is 18.6. The minimum Gasteiger partial charge on any atom is -0.445 e. The number of carbonyl (C=O) groups is 2. The molecular weight excluding hydrogens is 378 g/mol. The second-order valence-electron chi connectivity index (χ2n) is 7.25. The number of hydrogen-bond donors (Lipinski definition) is 2. The predicted molar refractivity (Wildman–Crippen MR) is 114 cm³/mol. The molecule has 0 radical (unpaired) electrons. The van der Waals surface area contributed by atoms with Crippen molar-refractivity contribution in [3.63, 3.8) is 0 Å². The molecule has 2 aromatic carbocycles. The van der Waals surface area contributed by atoms with Crippen molar-refractivity contribution in [1.29, 1.82) is 0 Å². The van der Waals surface area contributed by atoms with Crippen molar-refractivity contribution in [1.82, 2.24) is 10.3 Å². The quantitative estimate of drug-likeness (QED) is 0.653. The molecule has 6 heteroatoms. The monoisotopic (exact) mass is 401 g/mol. The number of anilines is 1. The molecular formula is C24H23N3O3. The molecule has 0 aliphatic heterocycles. The van der Waals surface area contributed by atoms with Crippen LogP contribution in [0.25, 0.3) is 0 Å². The van der Waals surface area contributed by atoms with Gasteiger partial charge in [0.25, 0.3) is 5.91 Å². The van der Waals surface area contributed by atoms with E-state index in [9.17, 15) is 9.59 Å². The fourth-order valence-electron chi connectivity index (χ4n) is 3.65. The van der Waals surface area contributed by atoms with E-state index in [1.165, 1.54) is 0 Å². The van der Waals surface area contributed by atoms with Gasteiger partial charge in [-0.3, -0.25) is 9.78 Å². The first-order valence-electron chi connectivity index (χ1n) is 10.0. The standard InChI is InChI=1S/C24H23N3O3/c28-23(26-20-11-13-25-14-12-20)19-9-10-21-18(15-19)7-4-8-22(21)27-24(29)30-16-17-5-2-1-3-6-17/h1-3,5-6,9-15,22H,4,7-8,16H2,(H,27,29)(H,25,26,28). The van der Waals surface area contributed by atoms with Gasteiger partial charge >= 0.3 is 6.09 Å². The number of nitrogens with one attached hydrogen (secondary N) is 2. The molecule has 1 atom stereocenters. The molecule has 4 rings (SSSR count). The van der Waals surface area contributed by atoms with E-state index in [0.717, 1.165) is 36.0 Å². The minimum absolute atomic E-state index is 0.116. The van der Waals surface area contributed by atoms with E-state index in [-0.39, 0.29) is 18.6 Å². The number of pyridine rings is 1. The minimum atomic E-state index is -0.434. The maximum absolute atomic E-state index is 12.6. The molecule has 3 aromatic rings. The number of amides is 2. The number of fused-ring (bicyclic) bond motifs is 1. The van der Waals surface area contributed by atoms with E-state index >= 15 is 0 Å². The third-order valence-electron chi connectivity index (χ3n) is 5.16. The van der Waals surface area contributed by atoms with Crippen LogP contribution >= 0.6 is 0 Å². The number of hydrogen-bond acceptors (Lipinski definition) is 4. The van der Waals surface area contributed by atoms with Gasteiger partial charge in [0.05, 0.1) is 6.04 Å². The van der Waals surface area contributed by atoms with Crippen LogP contribution in [-0.4, -0.2) is 17.0 Å². The van der Waals surface area contributed by atoms with Crippen LogP contribution < -0.4 is 10.6 Å². The van der Waals surface area contributed by atoms with Crippen LogP contribution in [-0.2, 0) is 17.8 Å². The third kappa shape index (κ3) is 4.84.